The Morgan fingerprint density at radius 2 is 1.74 bits per heavy atom. The molecule has 0 bridgehead atoms. The summed E-state index contributed by atoms with van der Waals surface area (Å²) < 4.78 is 22.3. The number of carbonyl (C=O) groups excluding carboxylic acids is 1. The number of hydrogen-bond acceptors (Lipinski definition) is 5. The van der Waals surface area contributed by atoms with Gasteiger partial charge in [0.25, 0.3) is 0 Å². The molecule has 3 aromatic carbocycles. The maximum absolute atomic E-state index is 12.8. The summed E-state index contributed by atoms with van der Waals surface area (Å²) in [6, 6.07) is 16.6. The van der Waals surface area contributed by atoms with Crippen LogP contribution in [0.1, 0.15) is 19.4 Å². The molecule has 4 rings (SSSR count). The maximum Gasteiger partial charge on any atom is 0.248 e. The standard InChI is InChI=1S/C28H26ClNO5/c1-5-34-25-15-26-22(23(16-35-26)18-6-8-19(29)9-7-18)14-21(25)17(2)12-28(31)30-20-10-11-24(32-3)27(13-20)33-4/h6-16H,5H2,1-4H3,(H,30,31)/b17-12+. The molecule has 0 spiro atoms. The Morgan fingerprint density at radius 3 is 2.43 bits per heavy atom. The van der Waals surface area contributed by atoms with E-state index in [0.29, 0.717) is 40.1 Å². The van der Waals surface area contributed by atoms with Crippen molar-refractivity contribution < 1.29 is 23.4 Å². The second-order valence-corrected chi connectivity index (χ2v) is 8.26. The lowest BCUT2D eigenvalue weighted by Crippen LogP contribution is -2.09. The zero-order chi connectivity index (χ0) is 24.9. The molecule has 1 aromatic heterocycles. The Labute approximate surface area is 209 Å². The van der Waals surface area contributed by atoms with Gasteiger partial charge in [-0.3, -0.25) is 4.79 Å². The number of amides is 1. The molecule has 4 aromatic rings. The Hall–Kier alpha value is -3.90. The van der Waals surface area contributed by atoms with E-state index in [9.17, 15) is 4.79 Å². The zero-order valence-electron chi connectivity index (χ0n) is 20.0. The lowest BCUT2D eigenvalue weighted by Gasteiger charge is -2.12. The minimum absolute atomic E-state index is 0.276. The smallest absolute Gasteiger partial charge is 0.248 e. The van der Waals surface area contributed by atoms with E-state index in [1.54, 1.807) is 44.8 Å². The van der Waals surface area contributed by atoms with Crippen molar-refractivity contribution in [3.63, 3.8) is 0 Å². The van der Waals surface area contributed by atoms with Crippen LogP contribution in [0, 0.1) is 0 Å². The predicted octanol–water partition coefficient (Wildman–Crippen LogP) is 7.21. The normalized spacial score (nSPS) is 11.4. The van der Waals surface area contributed by atoms with Gasteiger partial charge in [0.05, 0.1) is 27.1 Å². The van der Waals surface area contributed by atoms with Crippen LogP contribution < -0.4 is 19.5 Å². The van der Waals surface area contributed by atoms with Crippen molar-refractivity contribution in [2.75, 3.05) is 26.1 Å². The fraction of sp³-hybridized carbons (Fsp3) is 0.179. The van der Waals surface area contributed by atoms with Gasteiger partial charge in [0.2, 0.25) is 5.91 Å². The van der Waals surface area contributed by atoms with E-state index in [-0.39, 0.29) is 5.91 Å². The third kappa shape index (κ3) is 5.28. The van der Waals surface area contributed by atoms with Gasteiger partial charge in [-0.1, -0.05) is 23.7 Å². The molecule has 180 valence electrons. The van der Waals surface area contributed by atoms with Crippen molar-refractivity contribution in [2.24, 2.45) is 0 Å². The Morgan fingerprint density at radius 1 is 1.00 bits per heavy atom. The highest BCUT2D eigenvalue weighted by molar-refractivity contribution is 6.30. The van der Waals surface area contributed by atoms with Crippen molar-refractivity contribution in [3.05, 3.63) is 77.5 Å². The number of ether oxygens (including phenoxy) is 3. The molecule has 1 N–H and O–H groups in total. The van der Waals surface area contributed by atoms with Crippen LogP contribution in [-0.2, 0) is 4.79 Å². The lowest BCUT2D eigenvalue weighted by molar-refractivity contribution is -0.111. The number of methoxy groups -OCH3 is 2. The number of furan rings is 1. The first-order chi connectivity index (χ1) is 16.9. The van der Waals surface area contributed by atoms with Crippen molar-refractivity contribution in [3.8, 4) is 28.4 Å². The minimum atomic E-state index is -0.276. The summed E-state index contributed by atoms with van der Waals surface area (Å²) in [5, 5.41) is 4.45. The zero-order valence-corrected chi connectivity index (χ0v) is 20.7. The second kappa shape index (κ2) is 10.6. The Kier molecular flexibility index (Phi) is 7.32. The second-order valence-electron chi connectivity index (χ2n) is 7.82. The SMILES string of the molecule is CCOc1cc2occ(-c3ccc(Cl)cc3)c2cc1/C(C)=C/C(=O)Nc1ccc(OC)c(OC)c1. The summed E-state index contributed by atoms with van der Waals surface area (Å²) >= 11 is 6.05. The third-order valence-corrected chi connectivity index (χ3v) is 5.81. The van der Waals surface area contributed by atoms with Gasteiger partial charge in [-0.15, -0.1) is 0 Å². The molecule has 0 atom stereocenters. The summed E-state index contributed by atoms with van der Waals surface area (Å²) in [5.41, 5.74) is 4.76. The molecule has 0 radical (unpaired) electrons. The van der Waals surface area contributed by atoms with Crippen LogP contribution >= 0.6 is 11.6 Å². The molecule has 0 aliphatic rings. The van der Waals surface area contributed by atoms with Gasteiger partial charge >= 0.3 is 0 Å². The monoisotopic (exact) mass is 491 g/mol. The topological polar surface area (TPSA) is 69.9 Å². The van der Waals surface area contributed by atoms with Crippen LogP contribution in [0.15, 0.2) is 71.4 Å². The third-order valence-electron chi connectivity index (χ3n) is 5.55. The number of nitrogens with one attached hydrogen (secondary N) is 1. The van der Waals surface area contributed by atoms with Gasteiger partial charge in [-0.2, -0.15) is 0 Å². The largest absolute Gasteiger partial charge is 0.493 e. The molecule has 0 fully saturated rings. The molecule has 0 aliphatic carbocycles. The molecule has 6 nitrogen and oxygen atoms in total. The van der Waals surface area contributed by atoms with E-state index in [4.69, 9.17) is 30.2 Å². The molecule has 0 aliphatic heterocycles. The highest BCUT2D eigenvalue weighted by atomic mass is 35.5. The van der Waals surface area contributed by atoms with E-state index in [0.717, 1.165) is 27.6 Å². The van der Waals surface area contributed by atoms with Crippen LogP contribution in [0.4, 0.5) is 5.69 Å². The number of benzene rings is 3. The first-order valence-electron chi connectivity index (χ1n) is 11.1. The number of hydrogen-bond donors (Lipinski definition) is 1. The van der Waals surface area contributed by atoms with Crippen LogP contribution in [-0.4, -0.2) is 26.7 Å². The highest BCUT2D eigenvalue weighted by Crippen LogP contribution is 2.38. The van der Waals surface area contributed by atoms with Crippen molar-refractivity contribution >= 4 is 39.7 Å². The fourth-order valence-corrected chi connectivity index (χ4v) is 3.98. The van der Waals surface area contributed by atoms with Crippen LogP contribution in [0.2, 0.25) is 5.02 Å². The van der Waals surface area contributed by atoms with E-state index in [1.807, 2.05) is 50.2 Å². The quantitative estimate of drug-likeness (QED) is 0.264. The van der Waals surface area contributed by atoms with E-state index in [2.05, 4.69) is 5.32 Å². The number of anilines is 1. The minimum Gasteiger partial charge on any atom is -0.493 e. The van der Waals surface area contributed by atoms with E-state index < -0.39 is 0 Å². The average molecular weight is 492 g/mol. The van der Waals surface area contributed by atoms with Crippen LogP contribution in [0.3, 0.4) is 0 Å². The van der Waals surface area contributed by atoms with Crippen LogP contribution in [0.5, 0.6) is 17.2 Å². The Bertz CT molecular complexity index is 1390. The molecular formula is C28H26ClNO5. The van der Waals surface area contributed by atoms with Gasteiger partial charge in [-0.05, 0) is 55.3 Å². The molecule has 7 heteroatoms. The van der Waals surface area contributed by atoms with Gasteiger partial charge in [0.15, 0.2) is 11.5 Å². The summed E-state index contributed by atoms with van der Waals surface area (Å²) in [4.78, 5) is 12.8. The number of carbonyl (C=O) groups is 1. The van der Waals surface area contributed by atoms with E-state index in [1.165, 1.54) is 0 Å². The van der Waals surface area contributed by atoms with Crippen LogP contribution in [0.25, 0.3) is 27.7 Å². The lowest BCUT2D eigenvalue weighted by atomic mass is 9.99. The number of rotatable bonds is 8. The molecule has 0 saturated carbocycles. The van der Waals surface area contributed by atoms with Gasteiger partial charge in [0.1, 0.15) is 11.3 Å². The van der Waals surface area contributed by atoms with Gasteiger partial charge in [-0.25, -0.2) is 0 Å². The fourth-order valence-electron chi connectivity index (χ4n) is 3.86. The maximum atomic E-state index is 12.8. The molecule has 0 saturated heterocycles. The molecule has 35 heavy (non-hydrogen) atoms. The summed E-state index contributed by atoms with van der Waals surface area (Å²) in [7, 11) is 3.11. The molecular weight excluding hydrogens is 466 g/mol. The average Bonchev–Trinajstić information content (AvgIpc) is 3.26. The van der Waals surface area contributed by atoms with Crippen molar-refractivity contribution in [2.45, 2.75) is 13.8 Å². The number of allylic oxidation sites excluding steroid dienone is 1. The first-order valence-corrected chi connectivity index (χ1v) is 11.5. The summed E-state index contributed by atoms with van der Waals surface area (Å²) in [5.74, 6) is 1.49. The van der Waals surface area contributed by atoms with E-state index >= 15 is 0 Å². The number of fused-ring (bicyclic) bond motifs is 1. The van der Waals surface area contributed by atoms with Gasteiger partial charge < -0.3 is 23.9 Å². The molecule has 1 heterocycles. The van der Waals surface area contributed by atoms with Crippen molar-refractivity contribution in [1.29, 1.82) is 0 Å². The molecule has 0 unspecified atom stereocenters. The van der Waals surface area contributed by atoms with Gasteiger partial charge in [0, 0.05) is 45.4 Å². The predicted molar refractivity (Wildman–Crippen MR) is 140 cm³/mol. The highest BCUT2D eigenvalue weighted by Gasteiger charge is 2.16. The van der Waals surface area contributed by atoms with Crippen molar-refractivity contribution in [1.82, 2.24) is 0 Å². The Balaban J connectivity index is 1.68. The summed E-state index contributed by atoms with van der Waals surface area (Å²) in [6.45, 7) is 4.27. The first kappa shape index (κ1) is 24.2. The summed E-state index contributed by atoms with van der Waals surface area (Å²) in [6.07, 6.45) is 3.26. The molecule has 1 amide bonds. The number of halogens is 1.